The van der Waals surface area contributed by atoms with E-state index in [1.54, 1.807) is 18.2 Å². The SMILES string of the molecule is NC(=NCc1cccc(O)c1)NC1CCOc2ccccc21. The number of para-hydroxylation sites is 1. The Labute approximate surface area is 129 Å². The van der Waals surface area contributed by atoms with Crippen molar-refractivity contribution in [2.24, 2.45) is 10.7 Å². The van der Waals surface area contributed by atoms with Crippen molar-refractivity contribution in [3.63, 3.8) is 0 Å². The maximum absolute atomic E-state index is 9.44. The second-order valence-electron chi connectivity index (χ2n) is 5.24. The summed E-state index contributed by atoms with van der Waals surface area (Å²) < 4.78 is 5.63. The number of phenolic OH excluding ortho intramolecular Hbond substituents is 1. The zero-order valence-electron chi connectivity index (χ0n) is 12.2. The zero-order chi connectivity index (χ0) is 15.4. The number of guanidine groups is 1. The standard InChI is InChI=1S/C17H19N3O2/c18-17(19-11-12-4-3-5-13(21)10-12)20-15-8-9-22-16-7-2-1-6-14(15)16/h1-7,10,15,21H,8-9,11H2,(H3,18,19,20). The third-order valence-electron chi connectivity index (χ3n) is 3.62. The fourth-order valence-electron chi connectivity index (χ4n) is 2.55. The van der Waals surface area contributed by atoms with Gasteiger partial charge in [-0.25, -0.2) is 4.99 Å². The maximum atomic E-state index is 9.44. The largest absolute Gasteiger partial charge is 0.508 e. The molecule has 22 heavy (non-hydrogen) atoms. The van der Waals surface area contributed by atoms with E-state index < -0.39 is 0 Å². The molecule has 0 fully saturated rings. The van der Waals surface area contributed by atoms with Crippen LogP contribution in [0.3, 0.4) is 0 Å². The van der Waals surface area contributed by atoms with E-state index in [2.05, 4.69) is 10.3 Å². The summed E-state index contributed by atoms with van der Waals surface area (Å²) in [6, 6.07) is 15.1. The summed E-state index contributed by atoms with van der Waals surface area (Å²) in [7, 11) is 0. The molecular formula is C17H19N3O2. The van der Waals surface area contributed by atoms with Gasteiger partial charge >= 0.3 is 0 Å². The topological polar surface area (TPSA) is 79.9 Å². The summed E-state index contributed by atoms with van der Waals surface area (Å²) in [5.74, 6) is 1.52. The number of nitrogens with two attached hydrogens (primary N) is 1. The summed E-state index contributed by atoms with van der Waals surface area (Å²) in [5.41, 5.74) is 8.00. The number of aliphatic imine (C=N–C) groups is 1. The van der Waals surface area contributed by atoms with E-state index in [4.69, 9.17) is 10.5 Å². The predicted octanol–water partition coefficient (Wildman–Crippen LogP) is 2.32. The van der Waals surface area contributed by atoms with Crippen molar-refractivity contribution in [3.05, 3.63) is 59.7 Å². The van der Waals surface area contributed by atoms with E-state index in [1.165, 1.54) is 0 Å². The first-order valence-corrected chi connectivity index (χ1v) is 7.28. The molecule has 5 nitrogen and oxygen atoms in total. The van der Waals surface area contributed by atoms with Crippen molar-refractivity contribution in [2.75, 3.05) is 6.61 Å². The molecule has 1 heterocycles. The van der Waals surface area contributed by atoms with Gasteiger partial charge in [0.2, 0.25) is 0 Å². The van der Waals surface area contributed by atoms with E-state index >= 15 is 0 Å². The Morgan fingerprint density at radius 1 is 1.27 bits per heavy atom. The minimum atomic E-state index is 0.109. The number of nitrogens with one attached hydrogen (secondary N) is 1. The lowest BCUT2D eigenvalue weighted by molar-refractivity contribution is 0.262. The predicted molar refractivity (Wildman–Crippen MR) is 85.9 cm³/mol. The van der Waals surface area contributed by atoms with Gasteiger partial charge in [0.1, 0.15) is 11.5 Å². The Morgan fingerprint density at radius 3 is 3.00 bits per heavy atom. The van der Waals surface area contributed by atoms with Crippen molar-refractivity contribution in [3.8, 4) is 11.5 Å². The Morgan fingerprint density at radius 2 is 2.14 bits per heavy atom. The number of phenols is 1. The van der Waals surface area contributed by atoms with Crippen LogP contribution in [0.1, 0.15) is 23.6 Å². The van der Waals surface area contributed by atoms with E-state index in [9.17, 15) is 5.11 Å². The average Bonchev–Trinajstić information content (AvgIpc) is 2.53. The molecular weight excluding hydrogens is 278 g/mol. The highest BCUT2D eigenvalue weighted by molar-refractivity contribution is 5.78. The number of nitrogens with zero attached hydrogens (tertiary/aromatic N) is 1. The molecule has 5 heteroatoms. The molecule has 0 saturated carbocycles. The van der Waals surface area contributed by atoms with Gasteiger partial charge < -0.3 is 20.9 Å². The van der Waals surface area contributed by atoms with Crippen molar-refractivity contribution < 1.29 is 9.84 Å². The minimum Gasteiger partial charge on any atom is -0.508 e. The summed E-state index contributed by atoms with van der Waals surface area (Å²) >= 11 is 0. The fourth-order valence-corrected chi connectivity index (χ4v) is 2.55. The normalized spacial score (nSPS) is 17.5. The van der Waals surface area contributed by atoms with Crippen LogP contribution in [0.5, 0.6) is 11.5 Å². The summed E-state index contributed by atoms with van der Waals surface area (Å²) in [6.45, 7) is 1.09. The molecule has 0 spiro atoms. The lowest BCUT2D eigenvalue weighted by Crippen LogP contribution is -2.37. The van der Waals surface area contributed by atoms with Crippen LogP contribution in [0.2, 0.25) is 0 Å². The minimum absolute atomic E-state index is 0.109. The van der Waals surface area contributed by atoms with Gasteiger partial charge in [0.15, 0.2) is 5.96 Å². The summed E-state index contributed by atoms with van der Waals surface area (Å²) in [6.07, 6.45) is 0.847. The van der Waals surface area contributed by atoms with Gasteiger partial charge in [-0.05, 0) is 23.8 Å². The van der Waals surface area contributed by atoms with Gasteiger partial charge in [0.25, 0.3) is 0 Å². The first-order chi connectivity index (χ1) is 10.7. The van der Waals surface area contributed by atoms with Crippen molar-refractivity contribution in [1.29, 1.82) is 0 Å². The van der Waals surface area contributed by atoms with E-state index in [-0.39, 0.29) is 11.8 Å². The molecule has 0 aromatic heterocycles. The van der Waals surface area contributed by atoms with Gasteiger partial charge in [-0.15, -0.1) is 0 Å². The molecule has 0 radical (unpaired) electrons. The Balaban J connectivity index is 1.67. The number of hydrogen-bond acceptors (Lipinski definition) is 3. The number of rotatable bonds is 3. The average molecular weight is 297 g/mol. The molecule has 3 rings (SSSR count). The van der Waals surface area contributed by atoms with Crippen LogP contribution in [0.25, 0.3) is 0 Å². The Bertz CT molecular complexity index is 685. The first-order valence-electron chi connectivity index (χ1n) is 7.28. The molecule has 0 bridgehead atoms. The molecule has 0 amide bonds. The van der Waals surface area contributed by atoms with Crippen LogP contribution in [0, 0.1) is 0 Å². The van der Waals surface area contributed by atoms with Gasteiger partial charge in [-0.3, -0.25) is 0 Å². The van der Waals surface area contributed by atoms with Gasteiger partial charge in [-0.2, -0.15) is 0 Å². The van der Waals surface area contributed by atoms with E-state index in [0.29, 0.717) is 19.1 Å². The lowest BCUT2D eigenvalue weighted by atomic mass is 10.0. The number of ether oxygens (including phenoxy) is 1. The molecule has 2 aromatic carbocycles. The molecule has 1 atom stereocenters. The second-order valence-corrected chi connectivity index (χ2v) is 5.24. The van der Waals surface area contributed by atoms with Crippen molar-refractivity contribution >= 4 is 5.96 Å². The second kappa shape index (κ2) is 6.39. The van der Waals surface area contributed by atoms with Crippen molar-refractivity contribution in [2.45, 2.75) is 19.0 Å². The monoisotopic (exact) mass is 297 g/mol. The molecule has 1 aliphatic heterocycles. The first kappa shape index (κ1) is 14.3. The number of fused-ring (bicyclic) bond motifs is 1. The van der Waals surface area contributed by atoms with Gasteiger partial charge in [0, 0.05) is 12.0 Å². The van der Waals surface area contributed by atoms with Crippen LogP contribution < -0.4 is 15.8 Å². The molecule has 4 N–H and O–H groups in total. The fraction of sp³-hybridized carbons (Fsp3) is 0.235. The third kappa shape index (κ3) is 3.31. The Kier molecular flexibility index (Phi) is 4.14. The highest BCUT2D eigenvalue weighted by Crippen LogP contribution is 2.31. The Hall–Kier alpha value is -2.69. The molecule has 1 aliphatic rings. The van der Waals surface area contributed by atoms with Gasteiger partial charge in [-0.1, -0.05) is 30.3 Å². The number of benzene rings is 2. The zero-order valence-corrected chi connectivity index (χ0v) is 12.2. The van der Waals surface area contributed by atoms with Crippen LogP contribution in [-0.2, 0) is 6.54 Å². The van der Waals surface area contributed by atoms with Crippen LogP contribution in [0.4, 0.5) is 0 Å². The van der Waals surface area contributed by atoms with Crippen molar-refractivity contribution in [1.82, 2.24) is 5.32 Å². The van der Waals surface area contributed by atoms with Crippen LogP contribution in [-0.4, -0.2) is 17.7 Å². The number of hydrogen-bond donors (Lipinski definition) is 3. The highest BCUT2D eigenvalue weighted by atomic mass is 16.5. The smallest absolute Gasteiger partial charge is 0.189 e. The van der Waals surface area contributed by atoms with E-state index in [1.807, 2.05) is 30.3 Å². The van der Waals surface area contributed by atoms with E-state index in [0.717, 1.165) is 23.3 Å². The molecule has 0 aliphatic carbocycles. The summed E-state index contributed by atoms with van der Waals surface area (Å²) in [4.78, 5) is 4.33. The molecule has 114 valence electrons. The molecule has 2 aromatic rings. The lowest BCUT2D eigenvalue weighted by Gasteiger charge is -2.26. The highest BCUT2D eigenvalue weighted by Gasteiger charge is 2.21. The van der Waals surface area contributed by atoms with Crippen LogP contribution >= 0.6 is 0 Å². The maximum Gasteiger partial charge on any atom is 0.189 e. The van der Waals surface area contributed by atoms with Gasteiger partial charge in [0.05, 0.1) is 19.2 Å². The number of aromatic hydroxyl groups is 1. The third-order valence-corrected chi connectivity index (χ3v) is 3.62. The summed E-state index contributed by atoms with van der Waals surface area (Å²) in [5, 5.41) is 12.7. The molecule has 1 unspecified atom stereocenters. The molecule has 0 saturated heterocycles. The van der Waals surface area contributed by atoms with Crippen LogP contribution in [0.15, 0.2) is 53.5 Å². The quantitative estimate of drug-likeness (QED) is 0.600.